The van der Waals surface area contributed by atoms with E-state index in [0.29, 0.717) is 10.7 Å². The van der Waals surface area contributed by atoms with Crippen LogP contribution in [0.3, 0.4) is 0 Å². The molecule has 0 amide bonds. The molecular formula is C15H12ClNO3. The molecule has 0 radical (unpaired) electrons. The van der Waals surface area contributed by atoms with Crippen LogP contribution in [0.5, 0.6) is 0 Å². The summed E-state index contributed by atoms with van der Waals surface area (Å²) in [7, 11) is 0. The van der Waals surface area contributed by atoms with Crippen LogP contribution in [0.2, 0.25) is 5.02 Å². The number of halogens is 1. The van der Waals surface area contributed by atoms with E-state index in [9.17, 15) is 9.59 Å². The van der Waals surface area contributed by atoms with Crippen molar-refractivity contribution in [2.24, 2.45) is 0 Å². The zero-order chi connectivity index (χ0) is 14.7. The molecule has 2 aromatic rings. The van der Waals surface area contributed by atoms with E-state index in [4.69, 9.17) is 16.7 Å². The Kier molecular flexibility index (Phi) is 4.05. The summed E-state index contributed by atoms with van der Waals surface area (Å²) in [5.41, 5.74) is 0.594. The molecule has 0 atom stereocenters. The molecule has 4 nitrogen and oxygen atoms in total. The first-order valence-electron chi connectivity index (χ1n) is 5.88. The number of rotatable bonds is 4. The second-order valence-corrected chi connectivity index (χ2v) is 4.59. The Bertz CT molecular complexity index is 717. The third-order valence-electron chi connectivity index (χ3n) is 2.86. The SMILES string of the molecule is C=CCn1c(-c2ccc(Cl)cc2)ccc(C(=O)O)c1=O. The minimum atomic E-state index is -1.24. The molecule has 0 saturated carbocycles. The van der Waals surface area contributed by atoms with Gasteiger partial charge in [0.25, 0.3) is 5.56 Å². The summed E-state index contributed by atoms with van der Waals surface area (Å²) in [4.78, 5) is 23.2. The van der Waals surface area contributed by atoms with Crippen molar-refractivity contribution in [3.05, 3.63) is 70.0 Å². The average Bonchev–Trinajstić information content (AvgIpc) is 2.42. The number of carboxylic acid groups (broad SMARTS) is 1. The van der Waals surface area contributed by atoms with E-state index < -0.39 is 11.5 Å². The van der Waals surface area contributed by atoms with Crippen LogP contribution in [0.1, 0.15) is 10.4 Å². The van der Waals surface area contributed by atoms with Crippen molar-refractivity contribution < 1.29 is 9.90 Å². The van der Waals surface area contributed by atoms with Crippen molar-refractivity contribution in [1.29, 1.82) is 0 Å². The number of hydrogen-bond donors (Lipinski definition) is 1. The average molecular weight is 290 g/mol. The van der Waals surface area contributed by atoms with E-state index in [1.54, 1.807) is 36.4 Å². The van der Waals surface area contributed by atoms with Crippen LogP contribution in [-0.2, 0) is 6.54 Å². The Labute approximate surface area is 120 Å². The first kappa shape index (κ1) is 14.1. The Balaban J connectivity index is 2.67. The van der Waals surface area contributed by atoms with Crippen molar-refractivity contribution >= 4 is 17.6 Å². The topological polar surface area (TPSA) is 59.3 Å². The molecular weight excluding hydrogens is 278 g/mol. The zero-order valence-corrected chi connectivity index (χ0v) is 11.3. The first-order valence-corrected chi connectivity index (χ1v) is 6.26. The summed E-state index contributed by atoms with van der Waals surface area (Å²) in [6.45, 7) is 3.83. The molecule has 5 heteroatoms. The van der Waals surface area contributed by atoms with Gasteiger partial charge in [-0.05, 0) is 29.8 Å². The number of aromatic carboxylic acids is 1. The standard InChI is InChI=1S/C15H12ClNO3/c1-2-9-17-13(10-3-5-11(16)6-4-10)8-7-12(14(17)18)15(19)20/h2-8H,1,9H2,(H,19,20). The van der Waals surface area contributed by atoms with Crippen molar-refractivity contribution in [2.75, 3.05) is 0 Å². The molecule has 2 rings (SSSR count). The molecule has 0 aliphatic carbocycles. The minimum Gasteiger partial charge on any atom is -0.477 e. The van der Waals surface area contributed by atoms with E-state index in [2.05, 4.69) is 6.58 Å². The van der Waals surface area contributed by atoms with Gasteiger partial charge < -0.3 is 9.67 Å². The minimum absolute atomic E-state index is 0.234. The normalized spacial score (nSPS) is 10.2. The fraction of sp³-hybridized carbons (Fsp3) is 0.0667. The van der Waals surface area contributed by atoms with Gasteiger partial charge in [0.05, 0.1) is 5.69 Å². The molecule has 0 aliphatic rings. The van der Waals surface area contributed by atoms with E-state index in [-0.39, 0.29) is 12.1 Å². The maximum absolute atomic E-state index is 12.2. The Hall–Kier alpha value is -2.33. The number of benzene rings is 1. The second-order valence-electron chi connectivity index (χ2n) is 4.15. The van der Waals surface area contributed by atoms with Gasteiger partial charge in [0.15, 0.2) is 0 Å². The summed E-state index contributed by atoms with van der Waals surface area (Å²) in [6, 6.07) is 9.90. The van der Waals surface area contributed by atoms with Gasteiger partial charge in [-0.2, -0.15) is 0 Å². The lowest BCUT2D eigenvalue weighted by Gasteiger charge is -2.12. The van der Waals surface area contributed by atoms with Crippen LogP contribution in [-0.4, -0.2) is 15.6 Å². The molecule has 102 valence electrons. The summed E-state index contributed by atoms with van der Waals surface area (Å²) < 4.78 is 1.37. The highest BCUT2D eigenvalue weighted by molar-refractivity contribution is 6.30. The quantitative estimate of drug-likeness (QED) is 0.880. The van der Waals surface area contributed by atoms with Gasteiger partial charge in [-0.3, -0.25) is 4.79 Å². The fourth-order valence-corrected chi connectivity index (χ4v) is 2.05. The van der Waals surface area contributed by atoms with Crippen molar-refractivity contribution in [3.63, 3.8) is 0 Å². The number of pyridine rings is 1. The Morgan fingerprint density at radius 2 is 1.90 bits per heavy atom. The summed E-state index contributed by atoms with van der Waals surface area (Å²) in [6.07, 6.45) is 1.55. The Morgan fingerprint density at radius 1 is 1.25 bits per heavy atom. The highest BCUT2D eigenvalue weighted by atomic mass is 35.5. The van der Waals surface area contributed by atoms with E-state index in [1.807, 2.05) is 0 Å². The van der Waals surface area contributed by atoms with E-state index in [0.717, 1.165) is 5.56 Å². The van der Waals surface area contributed by atoms with Crippen LogP contribution in [0.15, 0.2) is 53.8 Å². The van der Waals surface area contributed by atoms with Crippen molar-refractivity contribution in [3.8, 4) is 11.3 Å². The highest BCUT2D eigenvalue weighted by Gasteiger charge is 2.14. The van der Waals surface area contributed by atoms with Gasteiger partial charge in [-0.15, -0.1) is 6.58 Å². The molecule has 0 saturated heterocycles. The van der Waals surface area contributed by atoms with Gasteiger partial charge >= 0.3 is 5.97 Å². The number of carbonyl (C=O) groups is 1. The predicted octanol–water partition coefficient (Wildman–Crippen LogP) is 3.05. The van der Waals surface area contributed by atoms with E-state index in [1.165, 1.54) is 10.6 Å². The second kappa shape index (κ2) is 5.75. The zero-order valence-electron chi connectivity index (χ0n) is 10.5. The van der Waals surface area contributed by atoms with Gasteiger partial charge in [0.1, 0.15) is 5.56 Å². The smallest absolute Gasteiger partial charge is 0.341 e. The maximum atomic E-state index is 12.2. The monoisotopic (exact) mass is 289 g/mol. The number of nitrogens with zero attached hydrogens (tertiary/aromatic N) is 1. The highest BCUT2D eigenvalue weighted by Crippen LogP contribution is 2.21. The molecule has 0 spiro atoms. The molecule has 0 fully saturated rings. The number of aromatic nitrogens is 1. The predicted molar refractivity (Wildman–Crippen MR) is 78.3 cm³/mol. The van der Waals surface area contributed by atoms with E-state index >= 15 is 0 Å². The van der Waals surface area contributed by atoms with Crippen LogP contribution < -0.4 is 5.56 Å². The van der Waals surface area contributed by atoms with Gasteiger partial charge in [-0.1, -0.05) is 29.8 Å². The largest absolute Gasteiger partial charge is 0.477 e. The Morgan fingerprint density at radius 3 is 2.45 bits per heavy atom. The van der Waals surface area contributed by atoms with Crippen LogP contribution >= 0.6 is 11.6 Å². The molecule has 20 heavy (non-hydrogen) atoms. The maximum Gasteiger partial charge on any atom is 0.341 e. The fourth-order valence-electron chi connectivity index (χ4n) is 1.92. The third kappa shape index (κ3) is 2.65. The van der Waals surface area contributed by atoms with Crippen molar-refractivity contribution in [2.45, 2.75) is 6.54 Å². The third-order valence-corrected chi connectivity index (χ3v) is 3.11. The van der Waals surface area contributed by atoms with Crippen LogP contribution in [0.25, 0.3) is 11.3 Å². The van der Waals surface area contributed by atoms with Gasteiger partial charge in [0, 0.05) is 11.6 Å². The summed E-state index contributed by atoms with van der Waals surface area (Å²) in [5.74, 6) is -1.24. The molecule has 0 bridgehead atoms. The molecule has 0 unspecified atom stereocenters. The molecule has 1 heterocycles. The summed E-state index contributed by atoms with van der Waals surface area (Å²) >= 11 is 5.84. The molecule has 1 N–H and O–H groups in total. The molecule has 1 aromatic carbocycles. The lowest BCUT2D eigenvalue weighted by molar-refractivity contribution is 0.0694. The van der Waals surface area contributed by atoms with Gasteiger partial charge in [0.2, 0.25) is 0 Å². The number of carboxylic acids is 1. The lowest BCUT2D eigenvalue weighted by Crippen LogP contribution is -2.27. The first-order chi connectivity index (χ1) is 9.54. The van der Waals surface area contributed by atoms with Crippen LogP contribution in [0.4, 0.5) is 0 Å². The van der Waals surface area contributed by atoms with Gasteiger partial charge in [-0.25, -0.2) is 4.79 Å². The van der Waals surface area contributed by atoms with Crippen LogP contribution in [0, 0.1) is 0 Å². The summed E-state index contributed by atoms with van der Waals surface area (Å²) in [5, 5.41) is 9.59. The van der Waals surface area contributed by atoms with Crippen molar-refractivity contribution in [1.82, 2.24) is 4.57 Å². The number of hydrogen-bond acceptors (Lipinski definition) is 2. The molecule has 0 aliphatic heterocycles. The number of allylic oxidation sites excluding steroid dienone is 1. The lowest BCUT2D eigenvalue weighted by atomic mass is 10.1. The molecule has 1 aromatic heterocycles.